The van der Waals surface area contributed by atoms with Crippen molar-refractivity contribution in [3.05, 3.63) is 175 Å². The molecular formula is C59H69Cl3N2O8S. The minimum atomic E-state index is -0.911. The standard InChI is InChI=1S/C35H36ClNO3S.C24H33Cl2NO5/c1-34(2,40)30-9-4-3-7-25(30)13-17-32(41-23-35(18-19-35)22-33(38)39)27-8-5-6-24(20-27)10-15-29-16-12-26-11-14-28(36)21-31(26)37-29;25-21-6-5-7-22(26)20(21)17-32-13-12-31-11-4-2-1-3-10-27-15-24(30)18-8-9-23(29)19(14-18)16-28/h3-12,14-16,20-21,32,40H,13,17-19,22-23H2,1-2H3,(H,38,39);5-9,14,24,27-30H,1-4,10-13,15-17H2. The summed E-state index contributed by atoms with van der Waals surface area (Å²) in [6, 6.07) is 36.6. The van der Waals surface area contributed by atoms with Crippen molar-refractivity contribution in [1.82, 2.24) is 10.3 Å². The Labute approximate surface area is 449 Å². The molecule has 73 heavy (non-hydrogen) atoms. The normalized spacial score (nSPS) is 14.0. The highest BCUT2D eigenvalue weighted by molar-refractivity contribution is 7.99. The lowest BCUT2D eigenvalue weighted by molar-refractivity contribution is -0.138. The van der Waals surface area contributed by atoms with Gasteiger partial charge in [0.2, 0.25) is 0 Å². The van der Waals surface area contributed by atoms with Gasteiger partial charge < -0.3 is 40.3 Å². The summed E-state index contributed by atoms with van der Waals surface area (Å²) in [5, 5.41) is 55.6. The molecule has 0 amide bonds. The van der Waals surface area contributed by atoms with Gasteiger partial charge in [-0.25, -0.2) is 4.98 Å². The van der Waals surface area contributed by atoms with E-state index in [-0.39, 0.29) is 29.4 Å². The van der Waals surface area contributed by atoms with Crippen LogP contribution in [0.5, 0.6) is 5.75 Å². The first-order valence-electron chi connectivity index (χ1n) is 25.0. The van der Waals surface area contributed by atoms with E-state index in [4.69, 9.17) is 49.3 Å². The second-order valence-corrected chi connectivity index (χ2v) is 21.7. The van der Waals surface area contributed by atoms with Crippen LogP contribution in [0.3, 0.4) is 0 Å². The summed E-state index contributed by atoms with van der Waals surface area (Å²) >= 11 is 20.2. The Balaban J connectivity index is 0.000000246. The summed E-state index contributed by atoms with van der Waals surface area (Å²) < 4.78 is 11.2. The van der Waals surface area contributed by atoms with Gasteiger partial charge in [0.05, 0.1) is 55.8 Å². The third-order valence-corrected chi connectivity index (χ3v) is 15.5. The maximum absolute atomic E-state index is 11.5. The number of pyridine rings is 1. The number of aromatic hydroxyl groups is 1. The molecule has 2 atom stereocenters. The molecule has 5 aromatic carbocycles. The highest BCUT2D eigenvalue weighted by Gasteiger charge is 2.44. The van der Waals surface area contributed by atoms with Gasteiger partial charge in [0.25, 0.3) is 0 Å². The number of hydrogen-bond acceptors (Lipinski definition) is 10. The number of carbonyl (C=O) groups is 1. The topological polar surface area (TPSA) is 162 Å². The Bertz CT molecular complexity index is 2710. The largest absolute Gasteiger partial charge is 0.508 e. The summed E-state index contributed by atoms with van der Waals surface area (Å²) in [6.07, 6.45) is 11.5. The van der Waals surface area contributed by atoms with Crippen molar-refractivity contribution in [1.29, 1.82) is 0 Å². The summed E-state index contributed by atoms with van der Waals surface area (Å²) in [4.78, 5) is 16.2. The number of carboxylic acids is 1. The van der Waals surface area contributed by atoms with Crippen LogP contribution in [0.25, 0.3) is 23.1 Å². The number of unbranched alkanes of at least 4 members (excludes halogenated alkanes) is 3. The molecule has 1 aromatic heterocycles. The van der Waals surface area contributed by atoms with Crippen LogP contribution >= 0.6 is 46.6 Å². The van der Waals surface area contributed by atoms with Gasteiger partial charge in [0.1, 0.15) is 5.75 Å². The summed E-state index contributed by atoms with van der Waals surface area (Å²) in [7, 11) is 0. The van der Waals surface area contributed by atoms with E-state index in [1.54, 1.807) is 24.3 Å². The third kappa shape index (κ3) is 19.0. The van der Waals surface area contributed by atoms with Crippen molar-refractivity contribution in [3.8, 4) is 5.75 Å². The second kappa shape index (κ2) is 29.0. The molecule has 1 fully saturated rings. The first kappa shape index (κ1) is 57.8. The fraction of sp³-hybridized carbons (Fsp3) is 0.390. The Hall–Kier alpha value is -4.50. The molecule has 6 aromatic rings. The summed E-state index contributed by atoms with van der Waals surface area (Å²) in [5.41, 5.74) is 7.05. The van der Waals surface area contributed by atoms with Crippen LogP contribution < -0.4 is 5.32 Å². The molecule has 1 aliphatic carbocycles. The van der Waals surface area contributed by atoms with Crippen LogP contribution in [-0.2, 0) is 39.5 Å². The number of aliphatic hydroxyl groups excluding tert-OH is 2. The molecule has 1 aliphatic rings. The number of nitrogens with one attached hydrogen (secondary N) is 1. The number of benzene rings is 5. The SMILES string of the molecule is CC(C)(O)c1ccccc1CCC(SCC1(CC(=O)O)CC1)c1cccc(C=Cc2ccc3ccc(Cl)cc3n2)c1.OCc1cc(C(O)CNCCCCCCOCCOCc2c(Cl)cccc2Cl)ccc1O. The Morgan fingerprint density at radius 3 is 2.32 bits per heavy atom. The van der Waals surface area contributed by atoms with Crippen molar-refractivity contribution < 1.29 is 39.8 Å². The maximum atomic E-state index is 11.5. The number of thioether (sulfide) groups is 1. The Morgan fingerprint density at radius 1 is 0.822 bits per heavy atom. The molecule has 0 radical (unpaired) electrons. The van der Waals surface area contributed by atoms with Crippen LogP contribution in [-0.4, -0.2) is 75.1 Å². The number of hydrogen-bond donors (Lipinski definition) is 6. The van der Waals surface area contributed by atoms with Crippen LogP contribution in [0, 0.1) is 5.41 Å². The van der Waals surface area contributed by atoms with Gasteiger partial charge >= 0.3 is 5.97 Å². The number of nitrogens with zero attached hydrogens (tertiary/aromatic N) is 1. The number of aromatic nitrogens is 1. The Morgan fingerprint density at radius 2 is 1.56 bits per heavy atom. The molecule has 0 bridgehead atoms. The van der Waals surface area contributed by atoms with Gasteiger partial charge in [0.15, 0.2) is 0 Å². The number of halogens is 3. The predicted molar refractivity (Wildman–Crippen MR) is 299 cm³/mol. The van der Waals surface area contributed by atoms with E-state index in [0.717, 1.165) is 103 Å². The smallest absolute Gasteiger partial charge is 0.303 e. The number of phenols is 1. The zero-order valence-corrected chi connectivity index (χ0v) is 44.8. The molecule has 0 spiro atoms. The van der Waals surface area contributed by atoms with E-state index in [2.05, 4.69) is 47.8 Å². The molecule has 390 valence electrons. The van der Waals surface area contributed by atoms with Crippen LogP contribution in [0.1, 0.15) is 121 Å². The summed E-state index contributed by atoms with van der Waals surface area (Å²) in [6.45, 7) is 6.76. The first-order chi connectivity index (χ1) is 35.1. The molecule has 10 nitrogen and oxygen atoms in total. The van der Waals surface area contributed by atoms with Crippen LogP contribution in [0.15, 0.2) is 115 Å². The van der Waals surface area contributed by atoms with E-state index in [1.807, 2.05) is 80.2 Å². The van der Waals surface area contributed by atoms with Crippen molar-refractivity contribution in [2.24, 2.45) is 5.41 Å². The first-order valence-corrected chi connectivity index (χ1v) is 27.2. The molecule has 0 saturated heterocycles. The van der Waals surface area contributed by atoms with Gasteiger partial charge in [-0.15, -0.1) is 0 Å². The number of fused-ring (bicyclic) bond motifs is 1. The summed E-state index contributed by atoms with van der Waals surface area (Å²) in [5.74, 6) is 0.159. The van der Waals surface area contributed by atoms with Gasteiger partial charge in [-0.3, -0.25) is 4.79 Å². The molecule has 2 unspecified atom stereocenters. The molecule has 6 N–H and O–H groups in total. The number of carboxylic acid groups (broad SMARTS) is 1. The molecule has 0 aliphatic heterocycles. The monoisotopic (exact) mass is 1070 g/mol. The zero-order chi connectivity index (χ0) is 52.2. The van der Waals surface area contributed by atoms with Crippen LogP contribution in [0.2, 0.25) is 15.1 Å². The minimum absolute atomic E-state index is 0.0370. The van der Waals surface area contributed by atoms with Crippen molar-refractivity contribution in [2.45, 2.75) is 102 Å². The van der Waals surface area contributed by atoms with Gasteiger partial charge in [-0.1, -0.05) is 127 Å². The fourth-order valence-corrected chi connectivity index (χ4v) is 10.8. The van der Waals surface area contributed by atoms with Gasteiger partial charge in [-0.05, 0) is 141 Å². The average molecular weight is 1070 g/mol. The molecule has 7 rings (SSSR count). The second-order valence-electron chi connectivity index (χ2n) is 19.2. The maximum Gasteiger partial charge on any atom is 0.303 e. The average Bonchev–Trinajstić information content (AvgIpc) is 4.13. The van der Waals surface area contributed by atoms with Crippen molar-refractivity contribution >= 4 is 75.6 Å². The third-order valence-electron chi connectivity index (χ3n) is 12.9. The van der Waals surface area contributed by atoms with Crippen LogP contribution in [0.4, 0.5) is 0 Å². The van der Waals surface area contributed by atoms with E-state index in [0.29, 0.717) is 59.2 Å². The highest BCUT2D eigenvalue weighted by atomic mass is 35.5. The van der Waals surface area contributed by atoms with Crippen molar-refractivity contribution in [3.63, 3.8) is 0 Å². The fourth-order valence-electron chi connectivity index (χ4n) is 8.53. The minimum Gasteiger partial charge on any atom is -0.508 e. The Kier molecular flexibility index (Phi) is 22.9. The van der Waals surface area contributed by atoms with E-state index >= 15 is 0 Å². The number of rotatable bonds is 28. The van der Waals surface area contributed by atoms with E-state index in [9.17, 15) is 30.3 Å². The van der Waals surface area contributed by atoms with E-state index in [1.165, 1.54) is 11.6 Å². The van der Waals surface area contributed by atoms with Gasteiger partial charge in [-0.2, -0.15) is 11.8 Å². The molecule has 1 saturated carbocycles. The quantitative estimate of drug-likeness (QED) is 0.0259. The zero-order valence-electron chi connectivity index (χ0n) is 41.8. The number of aliphatic carboxylic acids is 1. The lowest BCUT2D eigenvalue weighted by Crippen LogP contribution is -2.22. The lowest BCUT2D eigenvalue weighted by Gasteiger charge is -2.24. The number of aliphatic hydroxyl groups is 3. The predicted octanol–water partition coefficient (Wildman–Crippen LogP) is 13.6. The highest BCUT2D eigenvalue weighted by Crippen LogP contribution is 2.53. The van der Waals surface area contributed by atoms with Crippen molar-refractivity contribution in [2.75, 3.05) is 38.7 Å². The molecular weight excluding hydrogens is 1000 g/mol. The van der Waals surface area contributed by atoms with E-state index < -0.39 is 17.7 Å². The van der Waals surface area contributed by atoms with Gasteiger partial charge in [0, 0.05) is 55.7 Å². The number of aryl methyl sites for hydroxylation is 1. The molecule has 14 heteroatoms. The number of ether oxygens (including phenoxy) is 2. The lowest BCUT2D eigenvalue weighted by atomic mass is 9.90. The molecule has 1 heterocycles.